The third-order valence-corrected chi connectivity index (χ3v) is 3.73. The topological polar surface area (TPSA) is 93.5 Å². The molecule has 0 fully saturated rings. The molecule has 0 aromatic heterocycles. The van der Waals surface area contributed by atoms with Crippen LogP contribution in [0.3, 0.4) is 0 Å². The van der Waals surface area contributed by atoms with E-state index < -0.39 is 4.92 Å². The van der Waals surface area contributed by atoms with E-state index in [1.807, 2.05) is 25.1 Å². The van der Waals surface area contributed by atoms with Crippen LogP contribution < -0.4 is 15.4 Å². The van der Waals surface area contributed by atoms with Crippen molar-refractivity contribution in [1.29, 1.82) is 0 Å². The highest BCUT2D eigenvalue weighted by Gasteiger charge is 2.14. The zero-order valence-electron chi connectivity index (χ0n) is 14.2. The number of carbonyl (C=O) groups is 1. The number of benzene rings is 2. The number of anilines is 1. The van der Waals surface area contributed by atoms with Gasteiger partial charge in [0.1, 0.15) is 5.75 Å². The monoisotopic (exact) mass is 343 g/mol. The number of hydrogen-bond acceptors (Lipinski definition) is 4. The number of urea groups is 1. The first-order valence-corrected chi connectivity index (χ1v) is 7.93. The predicted octanol–water partition coefficient (Wildman–Crippen LogP) is 3.75. The van der Waals surface area contributed by atoms with Gasteiger partial charge in [-0.15, -0.1) is 0 Å². The van der Waals surface area contributed by atoms with Gasteiger partial charge in [-0.1, -0.05) is 30.3 Å². The minimum atomic E-state index is -0.516. The van der Waals surface area contributed by atoms with Crippen LogP contribution in [0.15, 0.2) is 48.5 Å². The fourth-order valence-corrected chi connectivity index (χ4v) is 2.38. The number of non-ortho nitro benzene ring substituents is 1. The number of carbonyl (C=O) groups excluding carboxylic acids is 1. The summed E-state index contributed by atoms with van der Waals surface area (Å²) in [5.74, 6) is 0.237. The molecule has 25 heavy (non-hydrogen) atoms. The quantitative estimate of drug-likeness (QED) is 0.591. The maximum atomic E-state index is 12.1. The Morgan fingerprint density at radius 1 is 1.24 bits per heavy atom. The van der Waals surface area contributed by atoms with Gasteiger partial charge in [0.25, 0.3) is 5.69 Å². The van der Waals surface area contributed by atoms with Crippen LogP contribution in [0, 0.1) is 10.1 Å². The highest BCUT2D eigenvalue weighted by Crippen LogP contribution is 2.28. The summed E-state index contributed by atoms with van der Waals surface area (Å²) >= 11 is 0. The number of nitro groups is 1. The molecule has 2 aromatic rings. The lowest BCUT2D eigenvalue weighted by atomic mass is 10.1. The van der Waals surface area contributed by atoms with Crippen LogP contribution in [0.2, 0.25) is 0 Å². The summed E-state index contributed by atoms with van der Waals surface area (Å²) in [7, 11) is 1.39. The molecule has 0 aliphatic rings. The van der Waals surface area contributed by atoms with Gasteiger partial charge in [0.2, 0.25) is 0 Å². The van der Waals surface area contributed by atoms with Crippen molar-refractivity contribution in [2.45, 2.75) is 25.8 Å². The summed E-state index contributed by atoms with van der Waals surface area (Å²) < 4.78 is 5.10. The van der Waals surface area contributed by atoms with E-state index in [2.05, 4.69) is 22.8 Å². The molecule has 0 saturated carbocycles. The Bertz CT molecular complexity index is 734. The number of hydrogen-bond donors (Lipinski definition) is 2. The molecule has 0 heterocycles. The predicted molar refractivity (Wildman–Crippen MR) is 96.0 cm³/mol. The van der Waals surface area contributed by atoms with Crippen molar-refractivity contribution in [2.75, 3.05) is 12.4 Å². The number of aryl methyl sites for hydroxylation is 1. The van der Waals surface area contributed by atoms with Gasteiger partial charge in [-0.25, -0.2) is 4.79 Å². The van der Waals surface area contributed by atoms with Gasteiger partial charge < -0.3 is 15.4 Å². The van der Waals surface area contributed by atoms with Gasteiger partial charge in [-0.05, 0) is 31.4 Å². The molecular weight excluding hydrogens is 322 g/mol. The van der Waals surface area contributed by atoms with Crippen molar-refractivity contribution in [1.82, 2.24) is 5.32 Å². The smallest absolute Gasteiger partial charge is 0.319 e. The largest absolute Gasteiger partial charge is 0.494 e. The van der Waals surface area contributed by atoms with Gasteiger partial charge in [0, 0.05) is 12.1 Å². The van der Waals surface area contributed by atoms with Crippen LogP contribution in [0.1, 0.15) is 18.9 Å². The van der Waals surface area contributed by atoms with E-state index in [0.717, 1.165) is 12.8 Å². The van der Waals surface area contributed by atoms with Gasteiger partial charge in [-0.3, -0.25) is 10.1 Å². The molecule has 132 valence electrons. The van der Waals surface area contributed by atoms with Crippen molar-refractivity contribution in [3.05, 3.63) is 64.2 Å². The fourth-order valence-electron chi connectivity index (χ4n) is 2.38. The Morgan fingerprint density at radius 3 is 2.60 bits per heavy atom. The average Bonchev–Trinajstić information content (AvgIpc) is 2.61. The van der Waals surface area contributed by atoms with Crippen molar-refractivity contribution < 1.29 is 14.5 Å². The number of amides is 2. The molecule has 7 nitrogen and oxygen atoms in total. The van der Waals surface area contributed by atoms with Crippen molar-refractivity contribution >= 4 is 17.4 Å². The van der Waals surface area contributed by atoms with Crippen LogP contribution in [-0.4, -0.2) is 24.1 Å². The SMILES string of the molecule is COc1cc([N+](=O)[O-])ccc1NC(=O)NC(C)CCc1ccccc1. The van der Waals surface area contributed by atoms with Gasteiger partial charge in [-0.2, -0.15) is 0 Å². The van der Waals surface area contributed by atoms with Crippen LogP contribution in [-0.2, 0) is 6.42 Å². The zero-order chi connectivity index (χ0) is 18.2. The highest BCUT2D eigenvalue weighted by molar-refractivity contribution is 5.91. The molecule has 0 saturated heterocycles. The second-order valence-electron chi connectivity index (χ2n) is 5.67. The molecule has 0 bridgehead atoms. The molecule has 2 N–H and O–H groups in total. The number of rotatable bonds is 7. The standard InChI is InChI=1S/C18H21N3O4/c1-13(8-9-14-6-4-3-5-7-14)19-18(22)20-16-11-10-15(21(23)24)12-17(16)25-2/h3-7,10-13H,8-9H2,1-2H3,(H2,19,20,22). The van der Waals surface area contributed by atoms with Crippen LogP contribution in [0.25, 0.3) is 0 Å². The molecule has 0 radical (unpaired) electrons. The number of nitrogens with zero attached hydrogens (tertiary/aromatic N) is 1. The third kappa shape index (κ3) is 5.49. The van der Waals surface area contributed by atoms with E-state index in [4.69, 9.17) is 4.74 Å². The van der Waals surface area contributed by atoms with Crippen LogP contribution in [0.4, 0.5) is 16.2 Å². The Kier molecular flexibility index (Phi) is 6.33. The zero-order valence-corrected chi connectivity index (χ0v) is 14.2. The number of nitrogens with one attached hydrogen (secondary N) is 2. The minimum absolute atomic E-state index is 0.0238. The van der Waals surface area contributed by atoms with Crippen molar-refractivity contribution in [3.63, 3.8) is 0 Å². The van der Waals surface area contributed by atoms with E-state index in [1.54, 1.807) is 0 Å². The summed E-state index contributed by atoms with van der Waals surface area (Å²) in [5, 5.41) is 16.3. The van der Waals surface area contributed by atoms with Gasteiger partial charge >= 0.3 is 6.03 Å². The summed E-state index contributed by atoms with van der Waals surface area (Å²) in [6.45, 7) is 1.93. The maximum Gasteiger partial charge on any atom is 0.319 e. The second kappa shape index (κ2) is 8.68. The van der Waals surface area contributed by atoms with E-state index in [-0.39, 0.29) is 23.5 Å². The number of methoxy groups -OCH3 is 1. The van der Waals surface area contributed by atoms with Crippen LogP contribution in [0.5, 0.6) is 5.75 Å². The Morgan fingerprint density at radius 2 is 1.96 bits per heavy atom. The molecule has 1 unspecified atom stereocenters. The number of ether oxygens (including phenoxy) is 1. The molecule has 1 atom stereocenters. The molecule has 0 aliphatic carbocycles. The van der Waals surface area contributed by atoms with E-state index >= 15 is 0 Å². The summed E-state index contributed by atoms with van der Waals surface area (Å²) in [4.78, 5) is 22.4. The first-order chi connectivity index (χ1) is 12.0. The fraction of sp³-hybridized carbons (Fsp3) is 0.278. The molecule has 2 aromatic carbocycles. The first kappa shape index (κ1) is 18.3. The minimum Gasteiger partial charge on any atom is -0.494 e. The second-order valence-corrected chi connectivity index (χ2v) is 5.67. The molecule has 2 amide bonds. The summed E-state index contributed by atoms with van der Waals surface area (Å²) in [5.41, 5.74) is 1.49. The average molecular weight is 343 g/mol. The molecule has 0 aliphatic heterocycles. The van der Waals surface area contributed by atoms with Gasteiger partial charge in [0.05, 0.1) is 23.8 Å². The number of nitro benzene ring substituents is 1. The molecule has 2 rings (SSSR count). The molecule has 0 spiro atoms. The third-order valence-electron chi connectivity index (χ3n) is 3.73. The van der Waals surface area contributed by atoms with E-state index in [0.29, 0.717) is 5.69 Å². The lowest BCUT2D eigenvalue weighted by Crippen LogP contribution is -2.36. The summed E-state index contributed by atoms with van der Waals surface area (Å²) in [6.07, 6.45) is 1.66. The Balaban J connectivity index is 1.90. The van der Waals surface area contributed by atoms with Crippen molar-refractivity contribution in [3.8, 4) is 5.75 Å². The molecule has 7 heteroatoms. The normalized spacial score (nSPS) is 11.4. The maximum absolute atomic E-state index is 12.1. The lowest BCUT2D eigenvalue weighted by molar-refractivity contribution is -0.384. The summed E-state index contributed by atoms with van der Waals surface area (Å²) in [6, 6.07) is 13.7. The van der Waals surface area contributed by atoms with E-state index in [1.165, 1.54) is 30.9 Å². The van der Waals surface area contributed by atoms with Crippen molar-refractivity contribution in [2.24, 2.45) is 0 Å². The lowest BCUT2D eigenvalue weighted by Gasteiger charge is -2.16. The Labute approximate surface area is 146 Å². The first-order valence-electron chi connectivity index (χ1n) is 7.93. The highest BCUT2D eigenvalue weighted by atomic mass is 16.6. The Hall–Kier alpha value is -3.09. The van der Waals surface area contributed by atoms with Crippen LogP contribution >= 0.6 is 0 Å². The van der Waals surface area contributed by atoms with E-state index in [9.17, 15) is 14.9 Å². The van der Waals surface area contributed by atoms with Gasteiger partial charge in [0.15, 0.2) is 0 Å². The molecular formula is C18H21N3O4.